The molecule has 0 radical (unpaired) electrons. The van der Waals surface area contributed by atoms with Gasteiger partial charge in [-0.3, -0.25) is 14.9 Å². The second kappa shape index (κ2) is 8.68. The van der Waals surface area contributed by atoms with Gasteiger partial charge in [0.1, 0.15) is 5.00 Å². The van der Waals surface area contributed by atoms with Crippen molar-refractivity contribution < 1.29 is 19.2 Å². The number of benzene rings is 1. The Morgan fingerprint density at radius 1 is 1.27 bits per heavy atom. The highest BCUT2D eigenvalue weighted by Crippen LogP contribution is 2.32. The smallest absolute Gasteiger partial charge is 0.342 e. The molecule has 1 N–H and O–H groups in total. The van der Waals surface area contributed by atoms with E-state index < -0.39 is 22.9 Å². The highest BCUT2D eigenvalue weighted by atomic mass is 35.5. The molecular weight excluding hydrogens is 430 g/mol. The van der Waals surface area contributed by atoms with E-state index in [1.165, 1.54) is 30.4 Å². The van der Waals surface area contributed by atoms with Crippen LogP contribution in [0.4, 0.5) is 11.4 Å². The van der Waals surface area contributed by atoms with Gasteiger partial charge in [-0.2, -0.15) is 0 Å². The number of nitro benzene ring substituents is 1. The zero-order valence-corrected chi connectivity index (χ0v) is 17.9. The largest absolute Gasteiger partial charge is 0.449 e. The zero-order valence-electron chi connectivity index (χ0n) is 16.3. The molecule has 10 heteroatoms. The Hall–Kier alpha value is -3.17. The van der Waals surface area contributed by atoms with Crippen LogP contribution in [-0.2, 0) is 9.53 Å². The minimum absolute atomic E-state index is 0.00951. The number of hydrogen-bond donors (Lipinski definition) is 1. The van der Waals surface area contributed by atoms with Gasteiger partial charge >= 0.3 is 5.97 Å². The number of carbonyl (C=O) groups excluding carboxylic acids is 2. The van der Waals surface area contributed by atoms with E-state index in [-0.39, 0.29) is 16.4 Å². The number of non-ortho nitro benzene ring substituents is 1. The van der Waals surface area contributed by atoms with Crippen LogP contribution >= 0.6 is 22.9 Å². The maximum absolute atomic E-state index is 12.8. The number of aryl methyl sites for hydroxylation is 1. The fraction of sp³-hybridized carbons (Fsp3) is 0.200. The topological polar surface area (TPSA) is 103 Å². The number of halogens is 1. The molecule has 8 nitrogen and oxygen atoms in total. The number of rotatable bonds is 6. The van der Waals surface area contributed by atoms with Crippen LogP contribution in [0.3, 0.4) is 0 Å². The summed E-state index contributed by atoms with van der Waals surface area (Å²) in [4.78, 5) is 36.5. The summed E-state index contributed by atoms with van der Waals surface area (Å²) in [5.41, 5.74) is 1.19. The Kier molecular flexibility index (Phi) is 6.23. The van der Waals surface area contributed by atoms with Gasteiger partial charge in [0, 0.05) is 29.4 Å². The predicted octanol–water partition coefficient (Wildman–Crippen LogP) is 4.90. The quantitative estimate of drug-likeness (QED) is 0.329. The van der Waals surface area contributed by atoms with Crippen molar-refractivity contribution in [3.05, 3.63) is 73.9 Å². The van der Waals surface area contributed by atoms with Crippen LogP contribution in [-0.4, -0.2) is 27.5 Å². The minimum Gasteiger partial charge on any atom is -0.449 e. The van der Waals surface area contributed by atoms with Crippen molar-refractivity contribution in [2.24, 2.45) is 0 Å². The number of nitro groups is 1. The third kappa shape index (κ3) is 4.37. The lowest BCUT2D eigenvalue weighted by Gasteiger charge is -2.15. The molecule has 156 valence electrons. The summed E-state index contributed by atoms with van der Waals surface area (Å²) < 4.78 is 7.22. The normalized spacial score (nSPS) is 11.7. The maximum Gasteiger partial charge on any atom is 0.342 e. The predicted molar refractivity (Wildman–Crippen MR) is 115 cm³/mol. The van der Waals surface area contributed by atoms with Gasteiger partial charge in [0.05, 0.1) is 21.2 Å². The van der Waals surface area contributed by atoms with Crippen molar-refractivity contribution >= 4 is 46.2 Å². The summed E-state index contributed by atoms with van der Waals surface area (Å²) in [7, 11) is 0. The molecule has 1 atom stereocenters. The molecule has 0 fully saturated rings. The number of aromatic nitrogens is 1. The standard InChI is InChI=1S/C20H18ClN3O5S/c1-11-13(3)30-19(23-8-4-5-9-23)17(11)20(26)29-12(2)18(25)22-16-7-6-14(24(27)28)10-15(16)21/h4-10,12H,1-3H3,(H,22,25). The number of ether oxygens (including phenoxy) is 1. The maximum atomic E-state index is 12.8. The van der Waals surface area contributed by atoms with E-state index in [1.54, 1.807) is 0 Å². The van der Waals surface area contributed by atoms with Crippen molar-refractivity contribution in [3.63, 3.8) is 0 Å². The first-order valence-electron chi connectivity index (χ1n) is 8.88. The first-order valence-corrected chi connectivity index (χ1v) is 10.1. The van der Waals surface area contributed by atoms with Gasteiger partial charge in [0.2, 0.25) is 0 Å². The summed E-state index contributed by atoms with van der Waals surface area (Å²) in [5, 5.41) is 14.0. The molecule has 1 aromatic carbocycles. The van der Waals surface area contributed by atoms with E-state index in [2.05, 4.69) is 5.32 Å². The van der Waals surface area contributed by atoms with Crippen molar-refractivity contribution in [2.45, 2.75) is 26.9 Å². The molecule has 1 unspecified atom stereocenters. The highest BCUT2D eigenvalue weighted by molar-refractivity contribution is 7.15. The van der Waals surface area contributed by atoms with E-state index in [9.17, 15) is 19.7 Å². The molecule has 30 heavy (non-hydrogen) atoms. The van der Waals surface area contributed by atoms with Crippen LogP contribution in [0.1, 0.15) is 27.7 Å². The number of hydrogen-bond acceptors (Lipinski definition) is 6. The molecule has 3 rings (SSSR count). The molecule has 3 aromatic rings. The van der Waals surface area contributed by atoms with Crippen LogP contribution in [0.15, 0.2) is 42.7 Å². The summed E-state index contributed by atoms with van der Waals surface area (Å²) in [6, 6.07) is 7.38. The molecule has 0 spiro atoms. The van der Waals surface area contributed by atoms with Crippen molar-refractivity contribution in [2.75, 3.05) is 5.32 Å². The van der Waals surface area contributed by atoms with Crippen LogP contribution in [0.5, 0.6) is 0 Å². The number of nitrogens with one attached hydrogen (secondary N) is 1. The lowest BCUT2D eigenvalue weighted by molar-refractivity contribution is -0.384. The van der Waals surface area contributed by atoms with Gasteiger partial charge in [0.25, 0.3) is 11.6 Å². The molecule has 0 aliphatic heterocycles. The first-order chi connectivity index (χ1) is 14.2. The van der Waals surface area contributed by atoms with E-state index in [0.717, 1.165) is 16.5 Å². The summed E-state index contributed by atoms with van der Waals surface area (Å²) >= 11 is 7.46. The number of amides is 1. The minimum atomic E-state index is -1.11. The Morgan fingerprint density at radius 3 is 2.53 bits per heavy atom. The Morgan fingerprint density at radius 2 is 1.93 bits per heavy atom. The number of carbonyl (C=O) groups is 2. The third-order valence-electron chi connectivity index (χ3n) is 4.48. The zero-order chi connectivity index (χ0) is 22.0. The van der Waals surface area contributed by atoms with Crippen LogP contribution in [0.2, 0.25) is 5.02 Å². The Bertz CT molecular complexity index is 1120. The van der Waals surface area contributed by atoms with Crippen molar-refractivity contribution in [1.29, 1.82) is 0 Å². The number of esters is 1. The van der Waals surface area contributed by atoms with Gasteiger partial charge in [0.15, 0.2) is 6.10 Å². The van der Waals surface area contributed by atoms with Crippen LogP contribution < -0.4 is 5.32 Å². The summed E-state index contributed by atoms with van der Waals surface area (Å²) in [6.45, 7) is 5.18. The van der Waals surface area contributed by atoms with Gasteiger partial charge in [-0.25, -0.2) is 4.79 Å². The van der Waals surface area contributed by atoms with E-state index in [4.69, 9.17) is 16.3 Å². The summed E-state index contributed by atoms with van der Waals surface area (Å²) in [5.74, 6) is -1.22. The molecule has 0 saturated heterocycles. The lowest BCUT2D eigenvalue weighted by atomic mass is 10.1. The SMILES string of the molecule is Cc1sc(-n2cccc2)c(C(=O)OC(C)C(=O)Nc2ccc([N+](=O)[O-])cc2Cl)c1C. The average molecular weight is 448 g/mol. The van der Waals surface area contributed by atoms with E-state index in [0.29, 0.717) is 10.6 Å². The lowest BCUT2D eigenvalue weighted by Crippen LogP contribution is -2.30. The highest BCUT2D eigenvalue weighted by Gasteiger charge is 2.26. The third-order valence-corrected chi connectivity index (χ3v) is 6.02. The van der Waals surface area contributed by atoms with Crippen LogP contribution in [0.25, 0.3) is 5.00 Å². The average Bonchev–Trinajstić information content (AvgIpc) is 3.31. The van der Waals surface area contributed by atoms with Gasteiger partial charge < -0.3 is 14.6 Å². The molecule has 0 saturated carbocycles. The number of anilines is 1. The van der Waals surface area contributed by atoms with Crippen molar-refractivity contribution in [1.82, 2.24) is 4.57 Å². The van der Waals surface area contributed by atoms with Gasteiger partial charge in [-0.15, -0.1) is 11.3 Å². The Labute approximate surface area is 181 Å². The number of nitrogens with zero attached hydrogens (tertiary/aromatic N) is 2. The van der Waals surface area contributed by atoms with Gasteiger partial charge in [-0.05, 0) is 44.5 Å². The fourth-order valence-electron chi connectivity index (χ4n) is 2.73. The van der Waals surface area contributed by atoms with E-state index in [1.807, 2.05) is 42.9 Å². The first kappa shape index (κ1) is 21.5. The van der Waals surface area contributed by atoms with Crippen LogP contribution in [0, 0.1) is 24.0 Å². The molecule has 0 bridgehead atoms. The molecule has 1 amide bonds. The second-order valence-corrected chi connectivity index (χ2v) is 8.12. The molecular formula is C20H18ClN3O5S. The molecule has 2 heterocycles. The second-order valence-electron chi connectivity index (χ2n) is 6.51. The summed E-state index contributed by atoms with van der Waals surface area (Å²) in [6.07, 6.45) is 2.54. The van der Waals surface area contributed by atoms with Gasteiger partial charge in [-0.1, -0.05) is 11.6 Å². The number of thiophene rings is 1. The fourth-order valence-corrected chi connectivity index (χ4v) is 4.06. The Balaban J connectivity index is 1.75. The molecule has 0 aliphatic carbocycles. The molecule has 0 aliphatic rings. The van der Waals surface area contributed by atoms with E-state index >= 15 is 0 Å². The van der Waals surface area contributed by atoms with Crippen molar-refractivity contribution in [3.8, 4) is 5.00 Å². The molecule has 2 aromatic heterocycles. The monoisotopic (exact) mass is 447 g/mol.